The Labute approximate surface area is 116 Å². The highest BCUT2D eigenvalue weighted by Gasteiger charge is 2.07. The van der Waals surface area contributed by atoms with E-state index in [0.717, 1.165) is 23.8 Å². The van der Waals surface area contributed by atoms with E-state index in [1.54, 1.807) is 11.3 Å². The first-order chi connectivity index (χ1) is 9.24. The maximum atomic E-state index is 4.57. The van der Waals surface area contributed by atoms with E-state index in [0.29, 0.717) is 0 Å². The molecule has 2 heterocycles. The summed E-state index contributed by atoms with van der Waals surface area (Å²) in [5.74, 6) is 0. The van der Waals surface area contributed by atoms with E-state index in [2.05, 4.69) is 33.6 Å². The van der Waals surface area contributed by atoms with Gasteiger partial charge in [-0.15, -0.1) is 11.3 Å². The van der Waals surface area contributed by atoms with E-state index in [4.69, 9.17) is 0 Å². The second-order valence-corrected chi connectivity index (χ2v) is 5.86. The number of nitrogens with one attached hydrogen (secondary N) is 1. The summed E-state index contributed by atoms with van der Waals surface area (Å²) < 4.78 is 1.93. The molecule has 0 aliphatic carbocycles. The van der Waals surface area contributed by atoms with Crippen LogP contribution in [0.4, 0.5) is 0 Å². The molecule has 98 valence electrons. The van der Waals surface area contributed by atoms with Gasteiger partial charge in [0.25, 0.3) is 0 Å². The number of hydrogen-bond acceptors (Lipinski definition) is 4. The second-order valence-electron chi connectivity index (χ2n) is 4.54. The van der Waals surface area contributed by atoms with Gasteiger partial charge in [0.15, 0.2) is 0 Å². The van der Waals surface area contributed by atoms with Crippen LogP contribution in [-0.2, 0) is 20.1 Å². The summed E-state index contributed by atoms with van der Waals surface area (Å²) in [4.78, 5) is 5.52. The summed E-state index contributed by atoms with van der Waals surface area (Å²) in [6.45, 7) is 3.65. The van der Waals surface area contributed by atoms with Crippen molar-refractivity contribution in [2.45, 2.75) is 20.0 Å². The number of hydrogen-bond donors (Lipinski definition) is 1. The molecule has 0 atom stereocenters. The number of para-hydroxylation sites is 1. The molecule has 0 amide bonds. The van der Waals surface area contributed by atoms with E-state index in [-0.39, 0.29) is 0 Å². The molecular weight excluding hydrogens is 256 g/mol. The molecule has 0 saturated heterocycles. The highest BCUT2D eigenvalue weighted by molar-refractivity contribution is 7.11. The highest BCUT2D eigenvalue weighted by Crippen LogP contribution is 2.17. The summed E-state index contributed by atoms with van der Waals surface area (Å²) in [7, 11) is 1.98. The molecule has 0 bridgehead atoms. The van der Waals surface area contributed by atoms with Crippen molar-refractivity contribution < 1.29 is 0 Å². The minimum atomic E-state index is 0.776. The topological polar surface area (TPSA) is 42.7 Å². The van der Waals surface area contributed by atoms with Crippen molar-refractivity contribution in [3.63, 3.8) is 0 Å². The summed E-state index contributed by atoms with van der Waals surface area (Å²) in [5.41, 5.74) is 2.27. The van der Waals surface area contributed by atoms with Crippen LogP contribution >= 0.6 is 11.3 Å². The number of thiazole rings is 1. The molecule has 4 nitrogen and oxygen atoms in total. The molecule has 0 unspecified atom stereocenters. The van der Waals surface area contributed by atoms with Crippen molar-refractivity contribution in [2.75, 3.05) is 0 Å². The van der Waals surface area contributed by atoms with Crippen molar-refractivity contribution >= 4 is 22.2 Å². The van der Waals surface area contributed by atoms with Crippen LogP contribution in [0.1, 0.15) is 15.6 Å². The Kier molecular flexibility index (Phi) is 3.31. The van der Waals surface area contributed by atoms with Crippen molar-refractivity contribution in [2.24, 2.45) is 7.05 Å². The summed E-state index contributed by atoms with van der Waals surface area (Å²) in [5, 5.41) is 10.3. The second kappa shape index (κ2) is 5.11. The predicted octanol–water partition coefficient (Wildman–Crippen LogP) is 2.63. The van der Waals surface area contributed by atoms with E-state index in [1.807, 2.05) is 30.9 Å². The molecule has 1 aromatic carbocycles. The lowest BCUT2D eigenvalue weighted by molar-refractivity contribution is 0.666. The van der Waals surface area contributed by atoms with Crippen LogP contribution < -0.4 is 5.32 Å². The van der Waals surface area contributed by atoms with Crippen LogP contribution in [0.2, 0.25) is 0 Å². The van der Waals surface area contributed by atoms with E-state index in [1.165, 1.54) is 15.8 Å². The van der Waals surface area contributed by atoms with Gasteiger partial charge in [-0.05, 0) is 13.0 Å². The Morgan fingerprint density at radius 1 is 1.26 bits per heavy atom. The Morgan fingerprint density at radius 2 is 2.11 bits per heavy atom. The first kappa shape index (κ1) is 12.3. The molecule has 0 spiro atoms. The number of benzene rings is 1. The van der Waals surface area contributed by atoms with Crippen molar-refractivity contribution in [3.05, 3.63) is 46.0 Å². The monoisotopic (exact) mass is 272 g/mol. The lowest BCUT2D eigenvalue weighted by Gasteiger charge is -2.00. The van der Waals surface area contributed by atoms with Gasteiger partial charge in [0.1, 0.15) is 0 Å². The average Bonchev–Trinajstić information content (AvgIpc) is 2.96. The zero-order valence-electron chi connectivity index (χ0n) is 11.1. The maximum absolute atomic E-state index is 4.57. The summed E-state index contributed by atoms with van der Waals surface area (Å²) in [6.07, 6.45) is 1.93. The standard InChI is InChI=1S/C14H16N4S/c1-10-16-8-11(19-10)7-15-9-13-12-5-3-4-6-14(12)18(2)17-13/h3-6,8,15H,7,9H2,1-2H3. The Bertz CT molecular complexity index is 698. The third kappa shape index (κ3) is 2.52. The van der Waals surface area contributed by atoms with Gasteiger partial charge >= 0.3 is 0 Å². The summed E-state index contributed by atoms with van der Waals surface area (Å²) in [6, 6.07) is 8.32. The number of fused-ring (bicyclic) bond motifs is 1. The van der Waals surface area contributed by atoms with E-state index in [9.17, 15) is 0 Å². The molecule has 1 N–H and O–H groups in total. The Morgan fingerprint density at radius 3 is 2.89 bits per heavy atom. The van der Waals surface area contributed by atoms with Gasteiger partial charge in [-0.3, -0.25) is 4.68 Å². The van der Waals surface area contributed by atoms with Crippen LogP contribution in [0, 0.1) is 6.92 Å². The third-order valence-corrected chi connectivity index (χ3v) is 4.01. The highest BCUT2D eigenvalue weighted by atomic mass is 32.1. The Hall–Kier alpha value is -1.72. The lowest BCUT2D eigenvalue weighted by atomic mass is 10.2. The molecule has 19 heavy (non-hydrogen) atoms. The first-order valence-corrected chi connectivity index (χ1v) is 7.08. The fraction of sp³-hybridized carbons (Fsp3) is 0.286. The maximum Gasteiger partial charge on any atom is 0.0897 e. The van der Waals surface area contributed by atoms with Crippen molar-refractivity contribution in [1.29, 1.82) is 0 Å². The van der Waals surface area contributed by atoms with Crippen LogP contribution in [0.3, 0.4) is 0 Å². The largest absolute Gasteiger partial charge is 0.306 e. The number of aryl methyl sites for hydroxylation is 2. The molecule has 0 saturated carbocycles. The third-order valence-electron chi connectivity index (χ3n) is 3.10. The van der Waals surface area contributed by atoms with Gasteiger partial charge in [-0.2, -0.15) is 5.10 Å². The molecular formula is C14H16N4S. The van der Waals surface area contributed by atoms with Crippen molar-refractivity contribution in [3.8, 4) is 0 Å². The van der Waals surface area contributed by atoms with E-state index >= 15 is 0 Å². The lowest BCUT2D eigenvalue weighted by Crippen LogP contribution is -2.12. The number of nitrogens with zero attached hydrogens (tertiary/aromatic N) is 3. The smallest absolute Gasteiger partial charge is 0.0897 e. The number of aromatic nitrogens is 3. The van der Waals surface area contributed by atoms with Gasteiger partial charge in [-0.1, -0.05) is 18.2 Å². The minimum Gasteiger partial charge on any atom is -0.306 e. The molecule has 0 aliphatic rings. The molecule has 0 radical (unpaired) electrons. The molecule has 5 heteroatoms. The van der Waals surface area contributed by atoms with Crippen molar-refractivity contribution in [1.82, 2.24) is 20.1 Å². The Balaban J connectivity index is 1.72. The fourth-order valence-corrected chi connectivity index (χ4v) is 2.97. The zero-order chi connectivity index (χ0) is 13.2. The zero-order valence-corrected chi connectivity index (χ0v) is 11.9. The van der Waals surface area contributed by atoms with Gasteiger partial charge in [-0.25, -0.2) is 4.98 Å². The number of rotatable bonds is 4. The van der Waals surface area contributed by atoms with Gasteiger partial charge < -0.3 is 5.32 Å². The van der Waals surface area contributed by atoms with Crippen LogP contribution in [0.5, 0.6) is 0 Å². The average molecular weight is 272 g/mol. The van der Waals surface area contributed by atoms with E-state index < -0.39 is 0 Å². The van der Waals surface area contributed by atoms with Crippen LogP contribution in [0.25, 0.3) is 10.9 Å². The van der Waals surface area contributed by atoms with Gasteiger partial charge in [0, 0.05) is 36.6 Å². The quantitative estimate of drug-likeness (QED) is 0.794. The molecule has 0 fully saturated rings. The molecule has 3 rings (SSSR count). The fourth-order valence-electron chi connectivity index (χ4n) is 2.21. The van der Waals surface area contributed by atoms with Crippen LogP contribution in [0.15, 0.2) is 30.5 Å². The van der Waals surface area contributed by atoms with Gasteiger partial charge in [0.2, 0.25) is 0 Å². The molecule has 2 aromatic heterocycles. The molecule has 3 aromatic rings. The molecule has 0 aliphatic heterocycles. The normalized spacial score (nSPS) is 11.3. The van der Waals surface area contributed by atoms with Gasteiger partial charge in [0.05, 0.1) is 16.2 Å². The predicted molar refractivity (Wildman–Crippen MR) is 78.1 cm³/mol. The van der Waals surface area contributed by atoms with Crippen LogP contribution in [-0.4, -0.2) is 14.8 Å². The summed E-state index contributed by atoms with van der Waals surface area (Å²) >= 11 is 1.73. The first-order valence-electron chi connectivity index (χ1n) is 6.26. The SMILES string of the molecule is Cc1ncc(CNCc2nn(C)c3ccccc23)s1. The minimum absolute atomic E-state index is 0.776.